The quantitative estimate of drug-likeness (QED) is 0.862. The van der Waals surface area contributed by atoms with Gasteiger partial charge in [-0.2, -0.15) is 0 Å². The van der Waals surface area contributed by atoms with Crippen molar-refractivity contribution in [1.29, 1.82) is 0 Å². The van der Waals surface area contributed by atoms with E-state index in [1.54, 1.807) is 0 Å². The lowest BCUT2D eigenvalue weighted by atomic mass is 10.1. The zero-order valence-electron chi connectivity index (χ0n) is 11.7. The number of hydrogen-bond acceptors (Lipinski definition) is 4. The number of rotatable bonds is 2. The molecule has 4 rings (SSSR count). The molecule has 0 aliphatic carbocycles. The minimum Gasteiger partial charge on any atom is -0.389 e. The lowest BCUT2D eigenvalue weighted by Crippen LogP contribution is -2.43. The van der Waals surface area contributed by atoms with Crippen LogP contribution in [0.3, 0.4) is 0 Å². The molecule has 2 aliphatic rings. The summed E-state index contributed by atoms with van der Waals surface area (Å²) < 4.78 is 5.89. The highest BCUT2D eigenvalue weighted by Crippen LogP contribution is 2.30. The monoisotopic (exact) mass is 299 g/mol. The van der Waals surface area contributed by atoms with Gasteiger partial charge in [-0.15, -0.1) is 0 Å². The SMILES string of the molecule is NC(=S)c1cc(N2CC3CCC(C2)O3)nc2ccccc12. The van der Waals surface area contributed by atoms with Crippen molar-refractivity contribution in [2.24, 2.45) is 5.73 Å². The first kappa shape index (κ1) is 13.0. The Labute approximate surface area is 128 Å². The predicted octanol–water partition coefficient (Wildman–Crippen LogP) is 2.24. The summed E-state index contributed by atoms with van der Waals surface area (Å²) in [4.78, 5) is 7.52. The molecule has 2 saturated heterocycles. The standard InChI is InChI=1S/C16H17N3OS/c17-16(21)13-7-15(18-14-4-2-1-3-12(13)14)19-8-10-5-6-11(9-19)20-10/h1-4,7,10-11H,5-6,8-9H2,(H2,17,21). The maximum atomic E-state index is 5.91. The van der Waals surface area contributed by atoms with Gasteiger partial charge < -0.3 is 15.4 Å². The van der Waals surface area contributed by atoms with Gasteiger partial charge in [0.1, 0.15) is 10.8 Å². The molecule has 2 unspecified atom stereocenters. The van der Waals surface area contributed by atoms with Crippen LogP contribution < -0.4 is 10.6 Å². The Morgan fingerprint density at radius 1 is 1.24 bits per heavy atom. The molecule has 1 aromatic heterocycles. The van der Waals surface area contributed by atoms with Crippen LogP contribution in [0.15, 0.2) is 30.3 Å². The Morgan fingerprint density at radius 2 is 1.95 bits per heavy atom. The number of hydrogen-bond donors (Lipinski definition) is 1. The number of fused-ring (bicyclic) bond motifs is 3. The van der Waals surface area contributed by atoms with E-state index in [-0.39, 0.29) is 0 Å². The van der Waals surface area contributed by atoms with E-state index in [2.05, 4.69) is 4.90 Å². The van der Waals surface area contributed by atoms with Crippen molar-refractivity contribution in [3.05, 3.63) is 35.9 Å². The number of ether oxygens (including phenoxy) is 1. The fraction of sp³-hybridized carbons (Fsp3) is 0.375. The molecule has 21 heavy (non-hydrogen) atoms. The molecule has 2 aromatic rings. The summed E-state index contributed by atoms with van der Waals surface area (Å²) in [5.41, 5.74) is 7.75. The molecular formula is C16H17N3OS. The molecule has 2 fully saturated rings. The van der Waals surface area contributed by atoms with Gasteiger partial charge in [-0.05, 0) is 25.0 Å². The van der Waals surface area contributed by atoms with Crippen LogP contribution in [-0.4, -0.2) is 35.3 Å². The molecule has 2 atom stereocenters. The number of pyridine rings is 1. The first-order valence-electron chi connectivity index (χ1n) is 7.31. The highest BCUT2D eigenvalue weighted by molar-refractivity contribution is 7.80. The molecule has 3 heterocycles. The Morgan fingerprint density at radius 3 is 2.67 bits per heavy atom. The molecule has 0 saturated carbocycles. The van der Waals surface area contributed by atoms with E-state index in [9.17, 15) is 0 Å². The van der Waals surface area contributed by atoms with Gasteiger partial charge in [-0.1, -0.05) is 30.4 Å². The van der Waals surface area contributed by atoms with Crippen LogP contribution in [0.1, 0.15) is 18.4 Å². The summed E-state index contributed by atoms with van der Waals surface area (Å²) >= 11 is 5.22. The number of nitrogens with two attached hydrogens (primary N) is 1. The van der Waals surface area contributed by atoms with E-state index in [4.69, 9.17) is 27.7 Å². The minimum absolute atomic E-state index is 0.338. The van der Waals surface area contributed by atoms with Gasteiger partial charge in [-0.25, -0.2) is 4.98 Å². The van der Waals surface area contributed by atoms with Crippen molar-refractivity contribution in [2.75, 3.05) is 18.0 Å². The van der Waals surface area contributed by atoms with E-state index >= 15 is 0 Å². The number of anilines is 1. The van der Waals surface area contributed by atoms with Gasteiger partial charge in [0.05, 0.1) is 17.7 Å². The summed E-state index contributed by atoms with van der Waals surface area (Å²) in [6.45, 7) is 1.80. The number of morpholine rings is 1. The molecule has 4 nitrogen and oxygen atoms in total. The van der Waals surface area contributed by atoms with E-state index in [1.165, 1.54) is 0 Å². The van der Waals surface area contributed by atoms with Crippen molar-refractivity contribution >= 4 is 33.9 Å². The minimum atomic E-state index is 0.338. The number of aromatic nitrogens is 1. The maximum Gasteiger partial charge on any atom is 0.130 e. The Balaban J connectivity index is 1.80. The molecule has 2 bridgehead atoms. The number of para-hydroxylation sites is 1. The molecule has 1 aromatic carbocycles. The molecule has 0 radical (unpaired) electrons. The fourth-order valence-corrected chi connectivity index (χ4v) is 3.50. The first-order valence-corrected chi connectivity index (χ1v) is 7.71. The fourth-order valence-electron chi connectivity index (χ4n) is 3.33. The van der Waals surface area contributed by atoms with Gasteiger partial charge in [0.2, 0.25) is 0 Å². The van der Waals surface area contributed by atoms with Crippen LogP contribution in [0.5, 0.6) is 0 Å². The van der Waals surface area contributed by atoms with Gasteiger partial charge in [0.15, 0.2) is 0 Å². The van der Waals surface area contributed by atoms with Crippen LogP contribution in [0.25, 0.3) is 10.9 Å². The Bertz CT molecular complexity index is 706. The highest BCUT2D eigenvalue weighted by atomic mass is 32.1. The van der Waals surface area contributed by atoms with E-state index in [0.29, 0.717) is 17.2 Å². The zero-order chi connectivity index (χ0) is 14.4. The second-order valence-corrected chi connectivity index (χ2v) is 6.21. The number of nitrogens with zero attached hydrogens (tertiary/aromatic N) is 2. The van der Waals surface area contributed by atoms with Crippen molar-refractivity contribution < 1.29 is 4.74 Å². The largest absolute Gasteiger partial charge is 0.389 e. The lowest BCUT2D eigenvalue weighted by molar-refractivity contribution is 0.0302. The topological polar surface area (TPSA) is 51.4 Å². The zero-order valence-corrected chi connectivity index (χ0v) is 12.5. The molecular weight excluding hydrogens is 282 g/mol. The van der Waals surface area contributed by atoms with Crippen molar-refractivity contribution in [3.63, 3.8) is 0 Å². The van der Waals surface area contributed by atoms with Crippen LogP contribution in [0.2, 0.25) is 0 Å². The summed E-state index contributed by atoms with van der Waals surface area (Å²) in [6.07, 6.45) is 2.98. The van der Waals surface area contributed by atoms with Crippen LogP contribution in [0, 0.1) is 0 Å². The van der Waals surface area contributed by atoms with E-state index in [1.807, 2.05) is 30.3 Å². The molecule has 2 aliphatic heterocycles. The third-order valence-corrected chi connectivity index (χ3v) is 4.56. The second-order valence-electron chi connectivity index (χ2n) is 5.77. The summed E-state index contributed by atoms with van der Waals surface area (Å²) in [6, 6.07) is 10.0. The van der Waals surface area contributed by atoms with E-state index in [0.717, 1.165) is 48.2 Å². The average Bonchev–Trinajstić information content (AvgIpc) is 2.84. The highest BCUT2D eigenvalue weighted by Gasteiger charge is 2.34. The lowest BCUT2D eigenvalue weighted by Gasteiger charge is -2.33. The maximum absolute atomic E-state index is 5.91. The smallest absolute Gasteiger partial charge is 0.130 e. The summed E-state index contributed by atoms with van der Waals surface area (Å²) in [7, 11) is 0. The first-order chi connectivity index (χ1) is 10.2. The normalized spacial score (nSPS) is 24.5. The predicted molar refractivity (Wildman–Crippen MR) is 87.7 cm³/mol. The summed E-state index contributed by atoms with van der Waals surface area (Å²) in [5.74, 6) is 0.955. The third-order valence-electron chi connectivity index (χ3n) is 4.34. The average molecular weight is 299 g/mol. The Kier molecular flexibility index (Phi) is 3.05. The Hall–Kier alpha value is -1.72. The van der Waals surface area contributed by atoms with Crippen molar-refractivity contribution in [1.82, 2.24) is 4.98 Å². The summed E-state index contributed by atoms with van der Waals surface area (Å²) in [5, 5.41) is 1.02. The van der Waals surface area contributed by atoms with Crippen molar-refractivity contribution in [3.8, 4) is 0 Å². The van der Waals surface area contributed by atoms with Gasteiger partial charge in [0, 0.05) is 24.0 Å². The molecule has 108 valence electrons. The van der Waals surface area contributed by atoms with Crippen LogP contribution >= 0.6 is 12.2 Å². The van der Waals surface area contributed by atoms with Gasteiger partial charge >= 0.3 is 0 Å². The molecule has 0 amide bonds. The van der Waals surface area contributed by atoms with Gasteiger partial charge in [0.25, 0.3) is 0 Å². The van der Waals surface area contributed by atoms with Gasteiger partial charge in [-0.3, -0.25) is 0 Å². The van der Waals surface area contributed by atoms with Crippen molar-refractivity contribution in [2.45, 2.75) is 25.0 Å². The third kappa shape index (κ3) is 2.26. The number of benzene rings is 1. The number of thiocarbonyl (C=S) groups is 1. The second kappa shape index (κ2) is 4.93. The van der Waals surface area contributed by atoms with Crippen LogP contribution in [-0.2, 0) is 4.74 Å². The molecule has 0 spiro atoms. The van der Waals surface area contributed by atoms with E-state index < -0.39 is 0 Å². The molecule has 2 N–H and O–H groups in total. The van der Waals surface area contributed by atoms with Crippen LogP contribution in [0.4, 0.5) is 5.82 Å². The molecule has 5 heteroatoms.